The Balaban J connectivity index is 2.57. The van der Waals surface area contributed by atoms with Crippen LogP contribution in [-0.2, 0) is 6.54 Å². The number of aliphatic hydroxyl groups is 1. The summed E-state index contributed by atoms with van der Waals surface area (Å²) in [4.78, 5) is 0. The molecule has 96 valence electrons. The lowest BCUT2D eigenvalue weighted by Crippen LogP contribution is -2.37. The number of rotatable bonds is 6. The Labute approximate surface area is 111 Å². The van der Waals surface area contributed by atoms with Crippen LogP contribution in [0.15, 0.2) is 18.2 Å². The predicted octanol–water partition coefficient (Wildman–Crippen LogP) is 2.68. The van der Waals surface area contributed by atoms with Crippen LogP contribution in [0.5, 0.6) is 0 Å². The summed E-state index contributed by atoms with van der Waals surface area (Å²) in [6, 6.07) is 4.45. The molecule has 0 aromatic heterocycles. The van der Waals surface area contributed by atoms with Crippen LogP contribution in [-0.4, -0.2) is 29.3 Å². The van der Waals surface area contributed by atoms with Gasteiger partial charge in [0.1, 0.15) is 5.82 Å². The standard InChI is InChI=1S/C12H17ClFNOS/c1-8(12(7-16)17-2)15-6-9-5-10(14)3-4-11(9)13/h3-5,8,12,15-16H,6-7H2,1-2H3. The van der Waals surface area contributed by atoms with E-state index < -0.39 is 0 Å². The van der Waals surface area contributed by atoms with Crippen molar-refractivity contribution in [2.75, 3.05) is 12.9 Å². The SMILES string of the molecule is CSC(CO)C(C)NCc1cc(F)ccc1Cl. The molecule has 1 aromatic rings. The van der Waals surface area contributed by atoms with Gasteiger partial charge in [0, 0.05) is 22.9 Å². The first-order valence-electron chi connectivity index (χ1n) is 5.39. The van der Waals surface area contributed by atoms with Crippen molar-refractivity contribution < 1.29 is 9.50 Å². The average molecular weight is 278 g/mol. The smallest absolute Gasteiger partial charge is 0.123 e. The Hall–Kier alpha value is -0.290. The molecule has 2 N–H and O–H groups in total. The van der Waals surface area contributed by atoms with Crippen LogP contribution in [0.3, 0.4) is 0 Å². The highest BCUT2D eigenvalue weighted by Crippen LogP contribution is 2.18. The van der Waals surface area contributed by atoms with E-state index in [2.05, 4.69) is 5.32 Å². The molecule has 0 saturated heterocycles. The monoisotopic (exact) mass is 277 g/mol. The van der Waals surface area contributed by atoms with Gasteiger partial charge in [0.05, 0.1) is 6.61 Å². The molecule has 2 atom stereocenters. The second-order valence-corrected chi connectivity index (χ2v) is 5.35. The highest BCUT2D eigenvalue weighted by molar-refractivity contribution is 7.99. The Bertz CT molecular complexity index is 360. The van der Waals surface area contributed by atoms with Crippen molar-refractivity contribution in [3.05, 3.63) is 34.6 Å². The normalized spacial score (nSPS) is 14.6. The summed E-state index contributed by atoms with van der Waals surface area (Å²) < 4.78 is 13.0. The Kier molecular flexibility index (Phi) is 6.27. The second-order valence-electron chi connectivity index (χ2n) is 3.86. The summed E-state index contributed by atoms with van der Waals surface area (Å²) in [5.74, 6) is -0.289. The first kappa shape index (κ1) is 14.8. The van der Waals surface area contributed by atoms with Crippen molar-refractivity contribution >= 4 is 23.4 Å². The Morgan fingerprint density at radius 1 is 1.53 bits per heavy atom. The van der Waals surface area contributed by atoms with E-state index in [1.807, 2.05) is 13.2 Å². The van der Waals surface area contributed by atoms with Crippen molar-refractivity contribution in [1.29, 1.82) is 0 Å². The molecule has 0 spiro atoms. The zero-order valence-electron chi connectivity index (χ0n) is 9.91. The molecule has 0 fully saturated rings. The van der Waals surface area contributed by atoms with Gasteiger partial charge in [-0.3, -0.25) is 0 Å². The van der Waals surface area contributed by atoms with Crippen LogP contribution in [0, 0.1) is 5.82 Å². The van der Waals surface area contributed by atoms with Gasteiger partial charge in [0.15, 0.2) is 0 Å². The maximum absolute atomic E-state index is 13.0. The average Bonchev–Trinajstić information content (AvgIpc) is 2.32. The van der Waals surface area contributed by atoms with Gasteiger partial charge in [-0.2, -0.15) is 11.8 Å². The van der Waals surface area contributed by atoms with E-state index in [9.17, 15) is 4.39 Å². The summed E-state index contributed by atoms with van der Waals surface area (Å²) in [6.45, 7) is 2.60. The third-order valence-electron chi connectivity index (χ3n) is 2.66. The van der Waals surface area contributed by atoms with E-state index in [-0.39, 0.29) is 23.7 Å². The zero-order valence-corrected chi connectivity index (χ0v) is 11.5. The highest BCUT2D eigenvalue weighted by atomic mass is 35.5. The van der Waals surface area contributed by atoms with Gasteiger partial charge >= 0.3 is 0 Å². The minimum Gasteiger partial charge on any atom is -0.395 e. The van der Waals surface area contributed by atoms with E-state index in [1.165, 1.54) is 12.1 Å². The van der Waals surface area contributed by atoms with Crippen LogP contribution in [0.2, 0.25) is 5.02 Å². The Morgan fingerprint density at radius 3 is 2.82 bits per heavy atom. The van der Waals surface area contributed by atoms with Gasteiger partial charge in [0.2, 0.25) is 0 Å². The maximum atomic E-state index is 13.0. The molecule has 1 aromatic carbocycles. The molecule has 0 aliphatic carbocycles. The summed E-state index contributed by atoms with van der Waals surface area (Å²) in [5, 5.41) is 13.1. The zero-order chi connectivity index (χ0) is 12.8. The minimum atomic E-state index is -0.289. The van der Waals surface area contributed by atoms with E-state index >= 15 is 0 Å². The third-order valence-corrected chi connectivity index (χ3v) is 4.19. The molecule has 1 rings (SSSR count). The molecule has 0 aliphatic rings. The molecule has 0 aliphatic heterocycles. The predicted molar refractivity (Wildman–Crippen MR) is 72.1 cm³/mol. The minimum absolute atomic E-state index is 0.117. The molecule has 0 saturated carbocycles. The van der Waals surface area contributed by atoms with Crippen molar-refractivity contribution in [2.45, 2.75) is 24.8 Å². The molecule has 2 unspecified atom stereocenters. The van der Waals surface area contributed by atoms with Crippen molar-refractivity contribution in [3.63, 3.8) is 0 Å². The Morgan fingerprint density at radius 2 is 2.24 bits per heavy atom. The number of thioether (sulfide) groups is 1. The van der Waals surface area contributed by atoms with Crippen LogP contribution >= 0.6 is 23.4 Å². The van der Waals surface area contributed by atoms with E-state index in [4.69, 9.17) is 16.7 Å². The number of halogens is 2. The third kappa shape index (κ3) is 4.47. The van der Waals surface area contributed by atoms with Crippen LogP contribution < -0.4 is 5.32 Å². The fourth-order valence-electron chi connectivity index (χ4n) is 1.52. The number of hydrogen-bond acceptors (Lipinski definition) is 3. The first-order valence-corrected chi connectivity index (χ1v) is 7.06. The fourth-order valence-corrected chi connectivity index (χ4v) is 2.36. The number of aliphatic hydroxyl groups excluding tert-OH is 1. The summed E-state index contributed by atoms with van der Waals surface area (Å²) in [5.41, 5.74) is 0.733. The number of hydrogen-bond donors (Lipinski definition) is 2. The van der Waals surface area contributed by atoms with Crippen LogP contribution in [0.25, 0.3) is 0 Å². The highest BCUT2D eigenvalue weighted by Gasteiger charge is 2.14. The van der Waals surface area contributed by atoms with E-state index in [1.54, 1.807) is 17.8 Å². The topological polar surface area (TPSA) is 32.3 Å². The number of benzene rings is 1. The summed E-state index contributed by atoms with van der Waals surface area (Å²) in [7, 11) is 0. The van der Waals surface area contributed by atoms with Crippen molar-refractivity contribution in [2.24, 2.45) is 0 Å². The largest absolute Gasteiger partial charge is 0.395 e. The van der Waals surface area contributed by atoms with E-state index in [0.717, 1.165) is 5.56 Å². The van der Waals surface area contributed by atoms with Gasteiger partial charge in [-0.15, -0.1) is 0 Å². The molecule has 0 amide bonds. The molecular weight excluding hydrogens is 261 g/mol. The van der Waals surface area contributed by atoms with Gasteiger partial charge in [-0.05, 0) is 36.9 Å². The quantitative estimate of drug-likeness (QED) is 0.839. The molecule has 0 bridgehead atoms. The fraction of sp³-hybridized carbons (Fsp3) is 0.500. The summed E-state index contributed by atoms with van der Waals surface area (Å²) in [6.07, 6.45) is 1.95. The molecule has 2 nitrogen and oxygen atoms in total. The molecule has 0 heterocycles. The van der Waals surface area contributed by atoms with Crippen molar-refractivity contribution in [1.82, 2.24) is 5.32 Å². The summed E-state index contributed by atoms with van der Waals surface area (Å²) >= 11 is 7.57. The molecule has 5 heteroatoms. The lowest BCUT2D eigenvalue weighted by atomic mass is 10.2. The van der Waals surface area contributed by atoms with Crippen molar-refractivity contribution in [3.8, 4) is 0 Å². The molecule has 0 radical (unpaired) electrons. The van der Waals surface area contributed by atoms with Gasteiger partial charge in [0.25, 0.3) is 0 Å². The second kappa shape index (κ2) is 7.21. The molecule has 17 heavy (non-hydrogen) atoms. The first-order chi connectivity index (χ1) is 8.08. The van der Waals surface area contributed by atoms with E-state index in [0.29, 0.717) is 11.6 Å². The number of nitrogens with one attached hydrogen (secondary N) is 1. The van der Waals surface area contributed by atoms with Crippen LogP contribution in [0.1, 0.15) is 12.5 Å². The maximum Gasteiger partial charge on any atom is 0.123 e. The van der Waals surface area contributed by atoms with Crippen LogP contribution in [0.4, 0.5) is 4.39 Å². The molecular formula is C12H17ClFNOS. The van der Waals surface area contributed by atoms with Gasteiger partial charge in [-0.25, -0.2) is 4.39 Å². The van der Waals surface area contributed by atoms with Gasteiger partial charge in [-0.1, -0.05) is 11.6 Å². The lowest BCUT2D eigenvalue weighted by molar-refractivity contribution is 0.276. The van der Waals surface area contributed by atoms with Gasteiger partial charge < -0.3 is 10.4 Å². The lowest BCUT2D eigenvalue weighted by Gasteiger charge is -2.21.